The summed E-state index contributed by atoms with van der Waals surface area (Å²) in [5.41, 5.74) is 0.985. The number of phenolic OH excluding ortho intramolecular Hbond substituents is 1. The zero-order chi connectivity index (χ0) is 14.7. The van der Waals surface area contributed by atoms with Crippen LogP contribution in [0, 0.1) is 5.82 Å². The van der Waals surface area contributed by atoms with Gasteiger partial charge in [-0.15, -0.1) is 0 Å². The van der Waals surface area contributed by atoms with Gasteiger partial charge in [0.25, 0.3) is 5.91 Å². The van der Waals surface area contributed by atoms with E-state index < -0.39 is 0 Å². The Hall–Kier alpha value is -1.88. The van der Waals surface area contributed by atoms with Gasteiger partial charge in [0.1, 0.15) is 11.6 Å². The minimum absolute atomic E-state index is 0.0943. The molecular formula is C15H13BrFNO2. The van der Waals surface area contributed by atoms with Crippen LogP contribution in [0.4, 0.5) is 4.39 Å². The molecule has 2 aromatic carbocycles. The number of halogens is 2. The van der Waals surface area contributed by atoms with E-state index in [1.165, 1.54) is 24.3 Å². The fourth-order valence-corrected chi connectivity index (χ4v) is 2.15. The van der Waals surface area contributed by atoms with Crippen molar-refractivity contribution in [2.75, 3.05) is 0 Å². The molecule has 0 saturated heterocycles. The highest BCUT2D eigenvalue weighted by molar-refractivity contribution is 9.10. The van der Waals surface area contributed by atoms with Crippen LogP contribution in [0.25, 0.3) is 0 Å². The van der Waals surface area contributed by atoms with E-state index in [9.17, 15) is 14.3 Å². The Morgan fingerprint density at radius 1 is 1.25 bits per heavy atom. The molecule has 3 nitrogen and oxygen atoms in total. The Labute approximate surface area is 124 Å². The first-order valence-electron chi connectivity index (χ1n) is 6.02. The second-order valence-electron chi connectivity index (χ2n) is 4.41. The fraction of sp³-hybridized carbons (Fsp3) is 0.133. The molecule has 104 valence electrons. The number of rotatable bonds is 3. The maximum Gasteiger partial charge on any atom is 0.255 e. The molecule has 20 heavy (non-hydrogen) atoms. The minimum Gasteiger partial charge on any atom is -0.507 e. The van der Waals surface area contributed by atoms with Gasteiger partial charge in [-0.1, -0.05) is 28.1 Å². The van der Waals surface area contributed by atoms with Crippen LogP contribution in [0.5, 0.6) is 5.75 Å². The number of hydrogen-bond donors (Lipinski definition) is 2. The molecule has 5 heteroatoms. The molecule has 0 aliphatic rings. The van der Waals surface area contributed by atoms with Crippen LogP contribution in [0.3, 0.4) is 0 Å². The summed E-state index contributed by atoms with van der Waals surface area (Å²) < 4.78 is 13.5. The molecule has 2 rings (SSSR count). The third-order valence-corrected chi connectivity index (χ3v) is 3.42. The average Bonchev–Trinajstić information content (AvgIpc) is 2.39. The number of amides is 1. The van der Waals surface area contributed by atoms with E-state index in [1.54, 1.807) is 25.1 Å². The molecular weight excluding hydrogens is 325 g/mol. The fourth-order valence-electron chi connectivity index (χ4n) is 1.81. The van der Waals surface area contributed by atoms with Crippen LogP contribution in [-0.4, -0.2) is 11.0 Å². The first-order valence-corrected chi connectivity index (χ1v) is 6.81. The summed E-state index contributed by atoms with van der Waals surface area (Å²) in [6.45, 7) is 1.79. The van der Waals surface area contributed by atoms with Crippen LogP contribution < -0.4 is 5.32 Å². The summed E-state index contributed by atoms with van der Waals surface area (Å²) >= 11 is 3.21. The molecule has 0 aliphatic carbocycles. The van der Waals surface area contributed by atoms with Gasteiger partial charge < -0.3 is 10.4 Å². The van der Waals surface area contributed by atoms with Crippen molar-refractivity contribution in [1.82, 2.24) is 5.32 Å². The Balaban J connectivity index is 2.13. The number of aromatic hydroxyl groups is 1. The van der Waals surface area contributed by atoms with Crippen LogP contribution in [0.15, 0.2) is 46.9 Å². The van der Waals surface area contributed by atoms with Crippen LogP contribution in [0.2, 0.25) is 0 Å². The third kappa shape index (κ3) is 3.36. The normalized spacial score (nSPS) is 11.9. The lowest BCUT2D eigenvalue weighted by atomic mass is 10.1. The molecule has 2 aromatic rings. The Morgan fingerprint density at radius 3 is 2.50 bits per heavy atom. The minimum atomic E-state index is -0.383. The van der Waals surface area contributed by atoms with E-state index in [0.29, 0.717) is 4.47 Å². The van der Waals surface area contributed by atoms with E-state index in [4.69, 9.17) is 0 Å². The predicted molar refractivity (Wildman–Crippen MR) is 78.1 cm³/mol. The van der Waals surface area contributed by atoms with Crippen molar-refractivity contribution < 1.29 is 14.3 Å². The van der Waals surface area contributed by atoms with Crippen molar-refractivity contribution >= 4 is 21.8 Å². The number of carbonyl (C=O) groups excluding carboxylic acids is 1. The summed E-state index contributed by atoms with van der Waals surface area (Å²) in [6.07, 6.45) is 0. The summed E-state index contributed by atoms with van der Waals surface area (Å²) in [5, 5.41) is 12.5. The molecule has 0 heterocycles. The van der Waals surface area contributed by atoms with Crippen molar-refractivity contribution in [3.05, 3.63) is 63.9 Å². The van der Waals surface area contributed by atoms with Crippen molar-refractivity contribution in [3.63, 3.8) is 0 Å². The number of nitrogens with one attached hydrogen (secondary N) is 1. The Kier molecular flexibility index (Phi) is 4.39. The van der Waals surface area contributed by atoms with Gasteiger partial charge in [0.2, 0.25) is 0 Å². The van der Waals surface area contributed by atoms with E-state index >= 15 is 0 Å². The molecule has 0 fully saturated rings. The summed E-state index contributed by atoms with van der Waals surface area (Å²) in [4.78, 5) is 12.1. The van der Waals surface area contributed by atoms with Crippen molar-refractivity contribution in [3.8, 4) is 5.75 Å². The van der Waals surface area contributed by atoms with Crippen molar-refractivity contribution in [1.29, 1.82) is 0 Å². The lowest BCUT2D eigenvalue weighted by molar-refractivity contribution is 0.0937. The molecule has 0 radical (unpaired) electrons. The quantitative estimate of drug-likeness (QED) is 0.895. The molecule has 1 amide bonds. The number of carbonyl (C=O) groups is 1. The highest BCUT2D eigenvalue weighted by Crippen LogP contribution is 2.23. The Bertz CT molecular complexity index is 628. The topological polar surface area (TPSA) is 49.3 Å². The molecule has 1 atom stereocenters. The summed E-state index contributed by atoms with van der Waals surface area (Å²) in [6, 6.07) is 10.3. The van der Waals surface area contributed by atoms with Gasteiger partial charge in [-0.25, -0.2) is 4.39 Å². The first-order chi connectivity index (χ1) is 9.47. The molecule has 2 N–H and O–H groups in total. The second-order valence-corrected chi connectivity index (χ2v) is 5.32. The molecule has 0 spiro atoms. The van der Waals surface area contributed by atoms with Gasteiger partial charge in [-0.05, 0) is 42.8 Å². The predicted octanol–water partition coefficient (Wildman–Crippen LogP) is 3.78. The monoisotopic (exact) mass is 337 g/mol. The third-order valence-electron chi connectivity index (χ3n) is 2.92. The Morgan fingerprint density at radius 2 is 1.90 bits per heavy atom. The van der Waals surface area contributed by atoms with E-state index in [0.717, 1.165) is 5.56 Å². The number of benzene rings is 2. The molecule has 0 saturated carbocycles. The standard InChI is InChI=1S/C15H13BrFNO2/c1-9(10-2-5-12(17)6-3-10)18-15(20)13-7-4-11(16)8-14(13)19/h2-9,19H,1H3,(H,18,20). The highest BCUT2D eigenvalue weighted by Gasteiger charge is 2.14. The average molecular weight is 338 g/mol. The van der Waals surface area contributed by atoms with Crippen molar-refractivity contribution in [2.45, 2.75) is 13.0 Å². The molecule has 0 bridgehead atoms. The van der Waals surface area contributed by atoms with E-state index in [1.807, 2.05) is 0 Å². The van der Waals surface area contributed by atoms with Crippen LogP contribution in [0.1, 0.15) is 28.9 Å². The first kappa shape index (κ1) is 14.5. The van der Waals surface area contributed by atoms with Gasteiger partial charge in [-0.3, -0.25) is 4.79 Å². The summed E-state index contributed by atoms with van der Waals surface area (Å²) in [7, 11) is 0. The molecule has 0 aliphatic heterocycles. The molecule has 0 aromatic heterocycles. The summed E-state index contributed by atoms with van der Waals surface area (Å²) in [5.74, 6) is -0.798. The largest absolute Gasteiger partial charge is 0.507 e. The zero-order valence-corrected chi connectivity index (χ0v) is 12.3. The number of hydrogen-bond acceptors (Lipinski definition) is 2. The smallest absolute Gasteiger partial charge is 0.255 e. The van der Waals surface area contributed by atoms with Gasteiger partial charge in [0.05, 0.1) is 11.6 Å². The zero-order valence-electron chi connectivity index (χ0n) is 10.7. The number of phenols is 1. The lowest BCUT2D eigenvalue weighted by Gasteiger charge is -2.15. The van der Waals surface area contributed by atoms with E-state index in [-0.39, 0.29) is 29.1 Å². The maximum atomic E-state index is 12.8. The van der Waals surface area contributed by atoms with Crippen molar-refractivity contribution in [2.24, 2.45) is 0 Å². The van der Waals surface area contributed by atoms with Crippen LogP contribution >= 0.6 is 15.9 Å². The van der Waals surface area contributed by atoms with Gasteiger partial charge in [0, 0.05) is 4.47 Å². The molecule has 1 unspecified atom stereocenters. The van der Waals surface area contributed by atoms with E-state index in [2.05, 4.69) is 21.2 Å². The maximum absolute atomic E-state index is 12.8. The van der Waals surface area contributed by atoms with Gasteiger partial charge in [0.15, 0.2) is 0 Å². The van der Waals surface area contributed by atoms with Gasteiger partial charge in [-0.2, -0.15) is 0 Å². The lowest BCUT2D eigenvalue weighted by Crippen LogP contribution is -2.26. The van der Waals surface area contributed by atoms with Crippen LogP contribution in [-0.2, 0) is 0 Å². The highest BCUT2D eigenvalue weighted by atomic mass is 79.9. The second kappa shape index (κ2) is 6.05. The SMILES string of the molecule is CC(NC(=O)c1ccc(Br)cc1O)c1ccc(F)cc1. The van der Waals surface area contributed by atoms with Gasteiger partial charge >= 0.3 is 0 Å².